The summed E-state index contributed by atoms with van der Waals surface area (Å²) in [5.41, 5.74) is 4.90. The minimum absolute atomic E-state index is 0.960. The van der Waals surface area contributed by atoms with Crippen LogP contribution in [-0.4, -0.2) is 9.97 Å². The van der Waals surface area contributed by atoms with Gasteiger partial charge in [0.05, 0.1) is 27.6 Å². The van der Waals surface area contributed by atoms with E-state index in [0.29, 0.717) is 0 Å². The molecule has 0 atom stereocenters. The van der Waals surface area contributed by atoms with Crippen LogP contribution in [-0.2, 0) is 0 Å². The monoisotopic (exact) mass is 305 g/mol. The molecule has 1 aromatic carbocycles. The third-order valence-electron chi connectivity index (χ3n) is 2.32. The van der Waals surface area contributed by atoms with Crippen molar-refractivity contribution >= 4 is 48.9 Å². The molecule has 17 heavy (non-hydrogen) atoms. The lowest BCUT2D eigenvalue weighted by Crippen LogP contribution is -1.90. The molecular weight excluding hydrogens is 298 g/mol. The lowest BCUT2D eigenvalue weighted by molar-refractivity contribution is 1.30. The minimum Gasteiger partial charge on any atom is -0.354 e. The number of hydrogen-bond acceptors (Lipinski definition) is 4. The van der Waals surface area contributed by atoms with Crippen molar-refractivity contribution < 1.29 is 0 Å². The number of aromatic nitrogens is 2. The Hall–Kier alpha value is -1.46. The molecule has 0 aliphatic heterocycles. The highest BCUT2D eigenvalue weighted by atomic mass is 79.9. The van der Waals surface area contributed by atoms with E-state index in [2.05, 4.69) is 37.3 Å². The van der Waals surface area contributed by atoms with E-state index in [4.69, 9.17) is 0 Å². The zero-order chi connectivity index (χ0) is 11.7. The Morgan fingerprint density at radius 3 is 2.94 bits per heavy atom. The lowest BCUT2D eigenvalue weighted by atomic mass is 10.3. The fourth-order valence-corrected chi connectivity index (χ4v) is 2.66. The van der Waals surface area contributed by atoms with Crippen LogP contribution in [0.3, 0.4) is 0 Å². The topological polar surface area (TPSA) is 37.8 Å². The van der Waals surface area contributed by atoms with Gasteiger partial charge in [0.15, 0.2) is 0 Å². The zero-order valence-corrected chi connectivity index (χ0v) is 11.1. The van der Waals surface area contributed by atoms with Crippen LogP contribution in [0.5, 0.6) is 0 Å². The highest BCUT2D eigenvalue weighted by Crippen LogP contribution is 2.24. The van der Waals surface area contributed by atoms with Crippen molar-refractivity contribution in [1.82, 2.24) is 9.97 Å². The van der Waals surface area contributed by atoms with E-state index in [1.807, 2.05) is 23.7 Å². The second kappa shape index (κ2) is 4.43. The van der Waals surface area contributed by atoms with E-state index in [9.17, 15) is 0 Å². The highest BCUT2D eigenvalue weighted by molar-refractivity contribution is 9.10. The van der Waals surface area contributed by atoms with E-state index in [0.717, 1.165) is 21.4 Å². The van der Waals surface area contributed by atoms with Gasteiger partial charge in [-0.1, -0.05) is 0 Å². The molecule has 0 aliphatic carbocycles. The summed E-state index contributed by atoms with van der Waals surface area (Å²) in [5.74, 6) is 0. The van der Waals surface area contributed by atoms with Crippen molar-refractivity contribution in [2.75, 3.05) is 5.32 Å². The smallest absolute Gasteiger partial charge is 0.0813 e. The number of rotatable bonds is 2. The first-order valence-corrected chi connectivity index (χ1v) is 6.69. The molecule has 0 fully saturated rings. The lowest BCUT2D eigenvalue weighted by Gasteiger charge is -2.05. The predicted molar refractivity (Wildman–Crippen MR) is 74.8 cm³/mol. The van der Waals surface area contributed by atoms with Crippen LogP contribution in [0.1, 0.15) is 0 Å². The van der Waals surface area contributed by atoms with Gasteiger partial charge in [-0.2, -0.15) is 0 Å². The van der Waals surface area contributed by atoms with Crippen LogP contribution >= 0.6 is 27.3 Å². The molecular formula is C12H8BrN3S. The van der Waals surface area contributed by atoms with Gasteiger partial charge in [-0.15, -0.1) is 11.3 Å². The van der Waals surface area contributed by atoms with Crippen LogP contribution in [0, 0.1) is 0 Å². The highest BCUT2D eigenvalue weighted by Gasteiger charge is 2.00. The summed E-state index contributed by atoms with van der Waals surface area (Å²) in [4.78, 5) is 8.37. The largest absolute Gasteiger partial charge is 0.354 e. The first kappa shape index (κ1) is 10.7. The number of thiazole rings is 1. The van der Waals surface area contributed by atoms with Gasteiger partial charge in [0.2, 0.25) is 0 Å². The molecule has 3 rings (SSSR count). The fraction of sp³-hybridized carbons (Fsp3) is 0. The Morgan fingerprint density at radius 1 is 1.12 bits per heavy atom. The Balaban J connectivity index is 1.94. The van der Waals surface area contributed by atoms with Crippen LogP contribution in [0.15, 0.2) is 46.6 Å². The molecule has 0 unspecified atom stereocenters. The van der Waals surface area contributed by atoms with Gasteiger partial charge in [-0.3, -0.25) is 4.98 Å². The van der Waals surface area contributed by atoms with Gasteiger partial charge in [-0.25, -0.2) is 4.98 Å². The Bertz CT molecular complexity index is 665. The first-order valence-electron chi connectivity index (χ1n) is 5.02. The van der Waals surface area contributed by atoms with Crippen molar-refractivity contribution in [2.24, 2.45) is 0 Å². The van der Waals surface area contributed by atoms with Crippen LogP contribution in [0.2, 0.25) is 0 Å². The van der Waals surface area contributed by atoms with Gasteiger partial charge in [0, 0.05) is 16.4 Å². The second-order valence-electron chi connectivity index (χ2n) is 3.55. The number of pyridine rings is 1. The fourth-order valence-electron chi connectivity index (χ4n) is 1.58. The van der Waals surface area contributed by atoms with E-state index >= 15 is 0 Å². The maximum atomic E-state index is 4.25. The molecule has 0 bridgehead atoms. The third-order valence-corrected chi connectivity index (χ3v) is 3.55. The van der Waals surface area contributed by atoms with Gasteiger partial charge in [-0.05, 0) is 40.2 Å². The van der Waals surface area contributed by atoms with Gasteiger partial charge >= 0.3 is 0 Å². The Morgan fingerprint density at radius 2 is 2.06 bits per heavy atom. The molecule has 3 aromatic rings. The molecule has 0 amide bonds. The summed E-state index contributed by atoms with van der Waals surface area (Å²) in [6, 6.07) is 8.11. The van der Waals surface area contributed by atoms with Crippen molar-refractivity contribution in [3.8, 4) is 0 Å². The average molecular weight is 306 g/mol. The normalized spacial score (nSPS) is 10.6. The van der Waals surface area contributed by atoms with Crippen molar-refractivity contribution in [2.45, 2.75) is 0 Å². The number of anilines is 2. The van der Waals surface area contributed by atoms with Gasteiger partial charge < -0.3 is 5.32 Å². The van der Waals surface area contributed by atoms with Crippen molar-refractivity contribution in [3.05, 3.63) is 46.6 Å². The number of fused-ring (bicyclic) bond motifs is 1. The number of halogens is 1. The molecule has 5 heteroatoms. The van der Waals surface area contributed by atoms with E-state index in [1.54, 1.807) is 23.7 Å². The number of hydrogen-bond donors (Lipinski definition) is 1. The SMILES string of the molecule is Brc1cncc(Nc2ccc3ncsc3c2)c1. The van der Waals surface area contributed by atoms with Gasteiger partial charge in [0.25, 0.3) is 0 Å². The van der Waals surface area contributed by atoms with Gasteiger partial charge in [0.1, 0.15) is 0 Å². The van der Waals surface area contributed by atoms with E-state index in [-0.39, 0.29) is 0 Å². The average Bonchev–Trinajstić information content (AvgIpc) is 2.76. The first-order chi connectivity index (χ1) is 8.31. The second-order valence-corrected chi connectivity index (χ2v) is 5.35. The summed E-state index contributed by atoms with van der Waals surface area (Å²) in [7, 11) is 0. The predicted octanol–water partition coefficient (Wildman–Crippen LogP) is 4.20. The standard InChI is InChI=1S/C12H8BrN3S/c13-8-3-10(6-14-5-8)16-9-1-2-11-12(4-9)17-7-15-11/h1-7,16H. The molecule has 1 N–H and O–H groups in total. The quantitative estimate of drug-likeness (QED) is 0.771. The van der Waals surface area contributed by atoms with Crippen LogP contribution < -0.4 is 5.32 Å². The summed E-state index contributed by atoms with van der Waals surface area (Å²) >= 11 is 5.04. The summed E-state index contributed by atoms with van der Waals surface area (Å²) in [5, 5.41) is 3.31. The molecule has 0 spiro atoms. The molecule has 0 radical (unpaired) electrons. The van der Waals surface area contributed by atoms with E-state index < -0.39 is 0 Å². The summed E-state index contributed by atoms with van der Waals surface area (Å²) < 4.78 is 2.14. The van der Waals surface area contributed by atoms with Crippen molar-refractivity contribution in [3.63, 3.8) is 0 Å². The molecule has 2 heterocycles. The Labute approximate surface area is 111 Å². The van der Waals surface area contributed by atoms with Crippen LogP contribution in [0.4, 0.5) is 11.4 Å². The molecule has 84 valence electrons. The maximum Gasteiger partial charge on any atom is 0.0813 e. The Kier molecular flexibility index (Phi) is 2.78. The summed E-state index contributed by atoms with van der Waals surface area (Å²) in [6.07, 6.45) is 3.55. The maximum absolute atomic E-state index is 4.25. The third kappa shape index (κ3) is 2.30. The van der Waals surface area contributed by atoms with E-state index in [1.165, 1.54) is 4.70 Å². The minimum atomic E-state index is 0.960. The number of benzene rings is 1. The van der Waals surface area contributed by atoms with Crippen LogP contribution in [0.25, 0.3) is 10.2 Å². The molecule has 3 nitrogen and oxygen atoms in total. The molecule has 0 aliphatic rings. The summed E-state index contributed by atoms with van der Waals surface area (Å²) in [6.45, 7) is 0. The molecule has 2 aromatic heterocycles. The van der Waals surface area contributed by atoms with Crippen molar-refractivity contribution in [1.29, 1.82) is 0 Å². The number of nitrogens with one attached hydrogen (secondary N) is 1. The number of nitrogens with zero attached hydrogens (tertiary/aromatic N) is 2. The zero-order valence-electron chi connectivity index (χ0n) is 8.72. The molecule has 0 saturated carbocycles. The molecule has 0 saturated heterocycles.